The first-order valence-electron chi connectivity index (χ1n) is 6.01. The van der Waals surface area contributed by atoms with E-state index in [1.54, 1.807) is 0 Å². The number of anilines is 2. The van der Waals surface area contributed by atoms with Crippen molar-refractivity contribution in [2.45, 2.75) is 19.4 Å². The molecule has 0 aromatic heterocycles. The largest absolute Gasteiger partial charge is 0.361 e. The van der Waals surface area contributed by atoms with Crippen molar-refractivity contribution >= 4 is 27.2 Å². The van der Waals surface area contributed by atoms with E-state index >= 15 is 0 Å². The molecule has 1 heterocycles. The molecule has 0 atom stereocenters. The van der Waals surface area contributed by atoms with Gasteiger partial charge in [-0.25, -0.2) is 8.42 Å². The molecule has 0 aliphatic carbocycles. The lowest BCUT2D eigenvalue weighted by Crippen LogP contribution is -2.58. The molecule has 1 aromatic carbocycles. The SMILES string of the molecule is CN1/C(=N/S(C)(=O)=O)C(C)(C)N(C)c2ccccc21. The van der Waals surface area contributed by atoms with Crippen molar-refractivity contribution in [3.8, 4) is 0 Å². The first-order valence-corrected chi connectivity index (χ1v) is 7.86. The highest BCUT2D eigenvalue weighted by Crippen LogP contribution is 2.39. The molecule has 0 amide bonds. The second-order valence-corrected chi connectivity index (χ2v) is 6.96. The molecule has 1 aliphatic rings. The number of para-hydroxylation sites is 2. The quantitative estimate of drug-likeness (QED) is 0.786. The van der Waals surface area contributed by atoms with Gasteiger partial charge in [0.05, 0.1) is 23.2 Å². The fraction of sp³-hybridized carbons (Fsp3) is 0.462. The van der Waals surface area contributed by atoms with Crippen LogP contribution in [-0.4, -0.2) is 40.1 Å². The van der Waals surface area contributed by atoms with Crippen LogP contribution in [0.15, 0.2) is 28.7 Å². The summed E-state index contributed by atoms with van der Waals surface area (Å²) in [5, 5.41) is 0. The maximum absolute atomic E-state index is 11.5. The zero-order chi connectivity index (χ0) is 14.4. The summed E-state index contributed by atoms with van der Waals surface area (Å²) in [7, 11) is 0.359. The van der Waals surface area contributed by atoms with Gasteiger partial charge in [-0.2, -0.15) is 0 Å². The zero-order valence-electron chi connectivity index (χ0n) is 11.9. The molecule has 0 saturated heterocycles. The summed E-state index contributed by atoms with van der Waals surface area (Å²) in [6.07, 6.45) is 1.12. The van der Waals surface area contributed by atoms with Gasteiger partial charge >= 0.3 is 0 Å². The minimum absolute atomic E-state index is 0.494. The highest BCUT2D eigenvalue weighted by Gasteiger charge is 2.40. The van der Waals surface area contributed by atoms with E-state index < -0.39 is 15.6 Å². The fourth-order valence-corrected chi connectivity index (χ4v) is 3.00. The average molecular weight is 281 g/mol. The number of likely N-dealkylation sites (N-methyl/N-ethyl adjacent to an activating group) is 2. The van der Waals surface area contributed by atoms with Crippen molar-refractivity contribution in [1.82, 2.24) is 0 Å². The van der Waals surface area contributed by atoms with Gasteiger partial charge in [-0.3, -0.25) is 0 Å². The molecule has 0 spiro atoms. The van der Waals surface area contributed by atoms with Gasteiger partial charge in [0.2, 0.25) is 0 Å². The predicted molar refractivity (Wildman–Crippen MR) is 79.6 cm³/mol. The highest BCUT2D eigenvalue weighted by molar-refractivity contribution is 7.89. The van der Waals surface area contributed by atoms with Crippen LogP contribution in [0.1, 0.15) is 13.8 Å². The van der Waals surface area contributed by atoms with Crippen molar-refractivity contribution in [2.24, 2.45) is 4.40 Å². The third-order valence-corrected chi connectivity index (χ3v) is 4.06. The van der Waals surface area contributed by atoms with E-state index in [0.717, 1.165) is 17.6 Å². The summed E-state index contributed by atoms with van der Waals surface area (Å²) in [6.45, 7) is 3.92. The van der Waals surface area contributed by atoms with Crippen molar-refractivity contribution in [1.29, 1.82) is 0 Å². The van der Waals surface area contributed by atoms with Crippen LogP contribution in [0.5, 0.6) is 0 Å². The number of rotatable bonds is 1. The number of sulfonamides is 1. The van der Waals surface area contributed by atoms with E-state index in [1.165, 1.54) is 0 Å². The van der Waals surface area contributed by atoms with Crippen molar-refractivity contribution in [3.05, 3.63) is 24.3 Å². The van der Waals surface area contributed by atoms with Crippen LogP contribution < -0.4 is 9.80 Å². The number of nitrogens with zero attached hydrogens (tertiary/aromatic N) is 3. The van der Waals surface area contributed by atoms with Crippen LogP contribution in [0.4, 0.5) is 11.4 Å². The van der Waals surface area contributed by atoms with E-state index in [1.807, 2.05) is 62.0 Å². The Labute approximate surface area is 114 Å². The molecule has 2 rings (SSSR count). The van der Waals surface area contributed by atoms with Crippen molar-refractivity contribution in [2.75, 3.05) is 30.2 Å². The monoisotopic (exact) mass is 281 g/mol. The summed E-state index contributed by atoms with van der Waals surface area (Å²) in [6, 6.07) is 7.88. The summed E-state index contributed by atoms with van der Waals surface area (Å²) in [5.74, 6) is 0.524. The molecule has 0 unspecified atom stereocenters. The minimum Gasteiger partial charge on any atom is -0.361 e. The van der Waals surface area contributed by atoms with E-state index in [4.69, 9.17) is 0 Å². The molecule has 0 N–H and O–H groups in total. The number of hydrogen-bond donors (Lipinski definition) is 0. The molecule has 6 heteroatoms. The molecule has 0 fully saturated rings. The molecule has 0 saturated carbocycles. The van der Waals surface area contributed by atoms with Gasteiger partial charge in [0.25, 0.3) is 10.0 Å². The Hall–Kier alpha value is -1.56. The Balaban J connectivity index is 2.69. The van der Waals surface area contributed by atoms with Gasteiger partial charge in [0.1, 0.15) is 5.84 Å². The number of fused-ring (bicyclic) bond motifs is 1. The molecule has 0 bridgehead atoms. The number of benzene rings is 1. The Morgan fingerprint density at radius 3 is 2.16 bits per heavy atom. The maximum atomic E-state index is 11.5. The molecule has 5 nitrogen and oxygen atoms in total. The number of hydrogen-bond acceptors (Lipinski definition) is 3. The predicted octanol–water partition coefficient (Wildman–Crippen LogP) is 1.71. The second-order valence-electron chi connectivity index (χ2n) is 5.31. The standard InChI is InChI=1S/C13H19N3O2S/c1-13(2)12(14-19(5,17)18)15(3)10-8-6-7-9-11(10)16(13)4/h6-9H,1-5H3/b14-12+. The third kappa shape index (κ3) is 2.32. The maximum Gasteiger partial charge on any atom is 0.251 e. The lowest BCUT2D eigenvalue weighted by Gasteiger charge is -2.47. The molecule has 104 valence electrons. The molecule has 1 aromatic rings. The van der Waals surface area contributed by atoms with Crippen LogP contribution in [0.3, 0.4) is 0 Å². The molecule has 1 aliphatic heterocycles. The number of amidine groups is 1. The van der Waals surface area contributed by atoms with E-state index in [9.17, 15) is 8.42 Å². The summed E-state index contributed by atoms with van der Waals surface area (Å²) >= 11 is 0. The Kier molecular flexibility index (Phi) is 3.09. The molecular weight excluding hydrogens is 262 g/mol. The highest BCUT2D eigenvalue weighted by atomic mass is 32.2. The summed E-state index contributed by atoms with van der Waals surface area (Å²) in [4.78, 5) is 3.89. The van der Waals surface area contributed by atoms with Gasteiger partial charge < -0.3 is 9.80 Å². The van der Waals surface area contributed by atoms with Gasteiger partial charge in [-0.15, -0.1) is 4.40 Å². The van der Waals surface area contributed by atoms with Gasteiger partial charge in [-0.05, 0) is 26.0 Å². The molecular formula is C13H19N3O2S. The van der Waals surface area contributed by atoms with Crippen LogP contribution in [0.25, 0.3) is 0 Å². The minimum atomic E-state index is -3.43. The van der Waals surface area contributed by atoms with Crippen LogP contribution in [0, 0.1) is 0 Å². The fourth-order valence-electron chi connectivity index (χ4n) is 2.34. The summed E-state index contributed by atoms with van der Waals surface area (Å²) in [5.41, 5.74) is 1.51. The lowest BCUT2D eigenvalue weighted by atomic mass is 9.95. The van der Waals surface area contributed by atoms with Crippen LogP contribution >= 0.6 is 0 Å². The normalized spacial score (nSPS) is 20.6. The van der Waals surface area contributed by atoms with E-state index in [-0.39, 0.29) is 0 Å². The van der Waals surface area contributed by atoms with Crippen LogP contribution in [0.2, 0.25) is 0 Å². The van der Waals surface area contributed by atoms with Gasteiger partial charge in [0, 0.05) is 14.1 Å². The van der Waals surface area contributed by atoms with Crippen LogP contribution in [-0.2, 0) is 10.0 Å². The van der Waals surface area contributed by atoms with E-state index in [2.05, 4.69) is 4.40 Å². The second kappa shape index (κ2) is 4.23. The summed E-state index contributed by atoms with van der Waals surface area (Å²) < 4.78 is 27.0. The topological polar surface area (TPSA) is 53.0 Å². The molecule has 19 heavy (non-hydrogen) atoms. The third-order valence-electron chi connectivity index (χ3n) is 3.56. The van der Waals surface area contributed by atoms with Gasteiger partial charge in [-0.1, -0.05) is 12.1 Å². The molecule has 0 radical (unpaired) electrons. The Bertz CT molecular complexity index is 635. The van der Waals surface area contributed by atoms with Crippen molar-refractivity contribution < 1.29 is 8.42 Å². The lowest BCUT2D eigenvalue weighted by molar-refractivity contribution is 0.597. The average Bonchev–Trinajstić information content (AvgIpc) is 2.31. The van der Waals surface area contributed by atoms with Crippen molar-refractivity contribution in [3.63, 3.8) is 0 Å². The first-order chi connectivity index (χ1) is 8.64. The Morgan fingerprint density at radius 2 is 1.63 bits per heavy atom. The van der Waals surface area contributed by atoms with Gasteiger partial charge in [0.15, 0.2) is 0 Å². The zero-order valence-corrected chi connectivity index (χ0v) is 12.7. The van der Waals surface area contributed by atoms with E-state index in [0.29, 0.717) is 5.84 Å². The smallest absolute Gasteiger partial charge is 0.251 e. The Morgan fingerprint density at radius 1 is 1.11 bits per heavy atom. The first kappa shape index (κ1) is 13.9.